The molecule has 1 aromatic heterocycles. The van der Waals surface area contributed by atoms with E-state index in [4.69, 9.17) is 23.2 Å². The smallest absolute Gasteiger partial charge is 0.383 e. The number of aliphatic hydroxyl groups excluding tert-OH is 1. The van der Waals surface area contributed by atoms with Crippen molar-refractivity contribution in [1.29, 1.82) is 0 Å². The van der Waals surface area contributed by atoms with Crippen molar-refractivity contribution in [2.75, 3.05) is 0 Å². The Labute approximate surface area is 168 Å². The minimum atomic E-state index is -4.44. The summed E-state index contributed by atoms with van der Waals surface area (Å²) >= 11 is 12.1. The summed E-state index contributed by atoms with van der Waals surface area (Å²) in [5.74, 6) is 0. The van der Waals surface area contributed by atoms with Gasteiger partial charge in [0.2, 0.25) is 0 Å². The normalized spacial score (nSPS) is 12.8. The lowest BCUT2D eigenvalue weighted by molar-refractivity contribution is -0.137. The summed E-state index contributed by atoms with van der Waals surface area (Å²) < 4.78 is 40.2. The third kappa shape index (κ3) is 4.41. The highest BCUT2D eigenvalue weighted by Gasteiger charge is 2.30. The van der Waals surface area contributed by atoms with Gasteiger partial charge in [0.25, 0.3) is 0 Å². The fourth-order valence-corrected chi connectivity index (χ4v) is 3.22. The zero-order valence-electron chi connectivity index (χ0n) is 14.3. The Balaban J connectivity index is 1.94. The van der Waals surface area contributed by atoms with Gasteiger partial charge in [-0.2, -0.15) is 13.2 Å². The maximum Gasteiger partial charge on any atom is 0.416 e. The molecular weight excluding hydrogens is 414 g/mol. The van der Waals surface area contributed by atoms with Gasteiger partial charge in [-0.1, -0.05) is 47.5 Å². The fourth-order valence-electron chi connectivity index (χ4n) is 2.80. The van der Waals surface area contributed by atoms with Crippen LogP contribution in [0.2, 0.25) is 10.0 Å². The van der Waals surface area contributed by atoms with Crippen LogP contribution in [0.15, 0.2) is 65.7 Å². The van der Waals surface area contributed by atoms with Crippen molar-refractivity contribution in [3.05, 3.63) is 103 Å². The molecular formula is C20H14Cl2F3NO2. The molecule has 0 saturated heterocycles. The minimum absolute atomic E-state index is 0.0404. The van der Waals surface area contributed by atoms with Crippen molar-refractivity contribution < 1.29 is 18.3 Å². The van der Waals surface area contributed by atoms with Crippen LogP contribution in [0.3, 0.4) is 0 Å². The molecule has 0 aliphatic heterocycles. The molecule has 8 heteroatoms. The molecule has 0 fully saturated rings. The SMILES string of the molecule is O=c1ccn(Cc2cccc(C(F)(F)F)c2)cc1C(O)c1cccc(Cl)c1Cl. The largest absolute Gasteiger partial charge is 0.416 e. The van der Waals surface area contributed by atoms with E-state index in [9.17, 15) is 23.1 Å². The number of rotatable bonds is 4. The highest BCUT2D eigenvalue weighted by molar-refractivity contribution is 6.42. The van der Waals surface area contributed by atoms with Crippen molar-refractivity contribution in [2.24, 2.45) is 0 Å². The number of halogens is 5. The van der Waals surface area contributed by atoms with Crippen LogP contribution in [0, 0.1) is 0 Å². The Kier molecular flexibility index (Phi) is 5.84. The molecule has 1 atom stereocenters. The predicted molar refractivity (Wildman–Crippen MR) is 102 cm³/mol. The second-order valence-electron chi connectivity index (χ2n) is 6.18. The number of nitrogens with zero attached hydrogens (tertiary/aromatic N) is 1. The Morgan fingerprint density at radius 1 is 1.04 bits per heavy atom. The van der Waals surface area contributed by atoms with Crippen LogP contribution in [0.4, 0.5) is 13.2 Å². The third-order valence-corrected chi connectivity index (χ3v) is 5.03. The summed E-state index contributed by atoms with van der Waals surface area (Å²) in [5, 5.41) is 11.0. The van der Waals surface area contributed by atoms with E-state index >= 15 is 0 Å². The summed E-state index contributed by atoms with van der Waals surface area (Å²) in [4.78, 5) is 12.2. The van der Waals surface area contributed by atoms with Crippen LogP contribution in [0.1, 0.15) is 28.4 Å². The van der Waals surface area contributed by atoms with Gasteiger partial charge < -0.3 is 9.67 Å². The van der Waals surface area contributed by atoms with E-state index < -0.39 is 23.3 Å². The molecule has 0 amide bonds. The molecule has 3 rings (SSSR count). The topological polar surface area (TPSA) is 42.2 Å². The van der Waals surface area contributed by atoms with Crippen LogP contribution in [-0.4, -0.2) is 9.67 Å². The molecule has 0 radical (unpaired) electrons. The van der Waals surface area contributed by atoms with Crippen molar-refractivity contribution in [3.63, 3.8) is 0 Å². The van der Waals surface area contributed by atoms with Crippen LogP contribution < -0.4 is 5.43 Å². The van der Waals surface area contributed by atoms with Crippen LogP contribution in [0.5, 0.6) is 0 Å². The van der Waals surface area contributed by atoms with Crippen molar-refractivity contribution in [3.8, 4) is 0 Å². The Hall–Kier alpha value is -2.28. The molecule has 0 spiro atoms. The number of alkyl halides is 3. The maximum absolute atomic E-state index is 12.9. The summed E-state index contributed by atoms with van der Waals surface area (Å²) in [5.41, 5.74) is -0.470. The summed E-state index contributed by atoms with van der Waals surface area (Å²) in [6.07, 6.45) is -2.93. The van der Waals surface area contributed by atoms with Gasteiger partial charge in [0, 0.05) is 36.1 Å². The Bertz CT molecular complexity index is 1060. The minimum Gasteiger partial charge on any atom is -0.383 e. The van der Waals surface area contributed by atoms with Gasteiger partial charge in [0.1, 0.15) is 6.10 Å². The van der Waals surface area contributed by atoms with Gasteiger partial charge in [-0.15, -0.1) is 0 Å². The molecule has 1 unspecified atom stereocenters. The quantitative estimate of drug-likeness (QED) is 0.613. The van der Waals surface area contributed by atoms with Gasteiger partial charge in [-0.3, -0.25) is 4.79 Å². The maximum atomic E-state index is 12.9. The number of aliphatic hydroxyl groups is 1. The van der Waals surface area contributed by atoms with E-state index in [1.165, 1.54) is 29.1 Å². The standard InChI is InChI=1S/C20H14Cl2F3NO2/c21-16-6-2-5-14(18(16)22)19(28)15-11-26(8-7-17(15)27)10-12-3-1-4-13(9-12)20(23,24)25/h1-9,11,19,28H,10H2. The monoisotopic (exact) mass is 427 g/mol. The highest BCUT2D eigenvalue weighted by atomic mass is 35.5. The molecule has 0 aliphatic carbocycles. The molecule has 3 nitrogen and oxygen atoms in total. The van der Waals surface area contributed by atoms with E-state index in [2.05, 4.69) is 0 Å². The number of pyridine rings is 1. The molecule has 28 heavy (non-hydrogen) atoms. The van der Waals surface area contributed by atoms with Crippen molar-refractivity contribution >= 4 is 23.2 Å². The first-order chi connectivity index (χ1) is 13.2. The third-order valence-electron chi connectivity index (χ3n) is 4.20. The average Bonchev–Trinajstić information content (AvgIpc) is 2.64. The molecule has 3 aromatic rings. The second-order valence-corrected chi connectivity index (χ2v) is 6.97. The van der Waals surface area contributed by atoms with Crippen LogP contribution >= 0.6 is 23.2 Å². The molecule has 2 aromatic carbocycles. The average molecular weight is 428 g/mol. The highest BCUT2D eigenvalue weighted by Crippen LogP contribution is 2.32. The van der Waals surface area contributed by atoms with E-state index in [-0.39, 0.29) is 27.7 Å². The predicted octanol–water partition coefficient (Wildman–Crippen LogP) is 5.30. The van der Waals surface area contributed by atoms with Crippen molar-refractivity contribution in [2.45, 2.75) is 18.8 Å². The van der Waals surface area contributed by atoms with Gasteiger partial charge >= 0.3 is 6.18 Å². The van der Waals surface area contributed by atoms with E-state index in [0.29, 0.717) is 5.56 Å². The molecule has 1 N–H and O–H groups in total. The van der Waals surface area contributed by atoms with Gasteiger partial charge in [0.05, 0.1) is 15.6 Å². The van der Waals surface area contributed by atoms with E-state index in [1.807, 2.05) is 0 Å². The molecule has 1 heterocycles. The lowest BCUT2D eigenvalue weighted by atomic mass is 10.0. The van der Waals surface area contributed by atoms with E-state index in [1.54, 1.807) is 24.3 Å². The second kappa shape index (κ2) is 7.99. The van der Waals surface area contributed by atoms with Crippen LogP contribution in [-0.2, 0) is 12.7 Å². The number of aromatic nitrogens is 1. The lowest BCUT2D eigenvalue weighted by Crippen LogP contribution is -2.17. The Morgan fingerprint density at radius 2 is 1.75 bits per heavy atom. The van der Waals surface area contributed by atoms with Gasteiger partial charge in [0.15, 0.2) is 5.43 Å². The molecule has 0 saturated carbocycles. The molecule has 0 aliphatic rings. The lowest BCUT2D eigenvalue weighted by Gasteiger charge is -2.16. The number of hydrogen-bond acceptors (Lipinski definition) is 2. The first-order valence-electron chi connectivity index (χ1n) is 8.15. The molecule has 0 bridgehead atoms. The molecule has 146 valence electrons. The Morgan fingerprint density at radius 3 is 2.46 bits per heavy atom. The number of hydrogen-bond donors (Lipinski definition) is 1. The summed E-state index contributed by atoms with van der Waals surface area (Å²) in [6.45, 7) is 0.0905. The zero-order valence-corrected chi connectivity index (χ0v) is 15.8. The summed E-state index contributed by atoms with van der Waals surface area (Å²) in [7, 11) is 0. The van der Waals surface area contributed by atoms with Crippen LogP contribution in [0.25, 0.3) is 0 Å². The van der Waals surface area contributed by atoms with Gasteiger partial charge in [-0.05, 0) is 23.8 Å². The van der Waals surface area contributed by atoms with Crippen molar-refractivity contribution in [1.82, 2.24) is 4.57 Å². The van der Waals surface area contributed by atoms with Gasteiger partial charge in [-0.25, -0.2) is 0 Å². The fraction of sp³-hybridized carbons (Fsp3) is 0.150. The first-order valence-corrected chi connectivity index (χ1v) is 8.90. The van der Waals surface area contributed by atoms with E-state index in [0.717, 1.165) is 12.1 Å². The number of benzene rings is 2. The first kappa shape index (κ1) is 20.5. The summed E-state index contributed by atoms with van der Waals surface area (Å²) in [6, 6.07) is 10.8. The zero-order chi connectivity index (χ0) is 20.5.